The van der Waals surface area contributed by atoms with E-state index in [1.165, 1.54) is 29.2 Å². The molecule has 0 spiro atoms. The third-order valence-electron chi connectivity index (χ3n) is 3.76. The number of rotatable bonds is 5. The van der Waals surface area contributed by atoms with Crippen LogP contribution in [0.2, 0.25) is 0 Å². The molecule has 3 rings (SSSR count). The first-order chi connectivity index (χ1) is 12.2. The van der Waals surface area contributed by atoms with Crippen LogP contribution in [0.3, 0.4) is 0 Å². The molecule has 2 aromatic carbocycles. The largest absolute Gasteiger partial charge is 0.358 e. The van der Waals surface area contributed by atoms with Crippen molar-refractivity contribution in [2.45, 2.75) is 13.3 Å². The van der Waals surface area contributed by atoms with Gasteiger partial charge in [0.1, 0.15) is 22.5 Å². The maximum absolute atomic E-state index is 13.6. The van der Waals surface area contributed by atoms with Crippen LogP contribution in [-0.4, -0.2) is 4.98 Å². The molecule has 3 aromatic rings. The van der Waals surface area contributed by atoms with E-state index >= 15 is 0 Å². The third-order valence-corrected chi connectivity index (χ3v) is 4.63. The molecule has 0 aliphatic rings. The van der Waals surface area contributed by atoms with Crippen LogP contribution in [0.1, 0.15) is 17.5 Å². The van der Waals surface area contributed by atoms with Crippen molar-refractivity contribution in [2.75, 3.05) is 5.32 Å². The van der Waals surface area contributed by atoms with Gasteiger partial charge in [-0.3, -0.25) is 0 Å². The topological polar surface area (TPSA) is 48.7 Å². The first-order valence-corrected chi connectivity index (χ1v) is 8.75. The quantitative estimate of drug-likeness (QED) is 0.620. The number of hydrogen-bond acceptors (Lipinski definition) is 4. The monoisotopic (exact) mass is 349 g/mol. The molecule has 5 heteroatoms. The number of allylic oxidation sites excluding steroid dienone is 1. The Morgan fingerprint density at radius 3 is 2.68 bits per heavy atom. The standard InChI is InChI=1S/C20H16FN3S/c1-2-14-7-9-15(10-8-14)19-13-25-20(24-19)16(11-22)12-23-18-6-4-3-5-17(18)21/h3-10,12-13,23H,2H2,1H3. The number of anilines is 1. The molecule has 0 unspecified atom stereocenters. The van der Waals surface area contributed by atoms with Gasteiger partial charge in [0, 0.05) is 17.1 Å². The minimum atomic E-state index is -0.369. The summed E-state index contributed by atoms with van der Waals surface area (Å²) in [7, 11) is 0. The van der Waals surface area contributed by atoms with E-state index in [1.807, 2.05) is 17.5 Å². The van der Waals surface area contributed by atoms with Gasteiger partial charge in [-0.1, -0.05) is 43.3 Å². The van der Waals surface area contributed by atoms with E-state index in [2.05, 4.69) is 35.4 Å². The molecule has 0 bridgehead atoms. The summed E-state index contributed by atoms with van der Waals surface area (Å²) in [6, 6.07) is 16.7. The van der Waals surface area contributed by atoms with Crippen LogP contribution in [-0.2, 0) is 6.42 Å². The third kappa shape index (κ3) is 3.93. The van der Waals surface area contributed by atoms with Gasteiger partial charge >= 0.3 is 0 Å². The highest BCUT2D eigenvalue weighted by Gasteiger charge is 2.09. The lowest BCUT2D eigenvalue weighted by atomic mass is 10.1. The normalized spacial score (nSPS) is 11.2. The van der Waals surface area contributed by atoms with E-state index < -0.39 is 0 Å². The highest BCUT2D eigenvalue weighted by molar-refractivity contribution is 7.11. The summed E-state index contributed by atoms with van der Waals surface area (Å²) in [5, 5.41) is 14.7. The molecule has 0 saturated carbocycles. The zero-order valence-corrected chi connectivity index (χ0v) is 14.5. The van der Waals surface area contributed by atoms with Crippen LogP contribution >= 0.6 is 11.3 Å². The number of aromatic nitrogens is 1. The van der Waals surface area contributed by atoms with Gasteiger partial charge in [0.2, 0.25) is 0 Å². The van der Waals surface area contributed by atoms with Gasteiger partial charge in [-0.25, -0.2) is 9.37 Å². The fourth-order valence-corrected chi connectivity index (χ4v) is 3.11. The highest BCUT2D eigenvalue weighted by atomic mass is 32.1. The Bertz CT molecular complexity index is 936. The molecule has 1 aromatic heterocycles. The van der Waals surface area contributed by atoms with E-state index in [9.17, 15) is 9.65 Å². The second-order valence-corrected chi connectivity index (χ2v) is 6.24. The summed E-state index contributed by atoms with van der Waals surface area (Å²) in [5.41, 5.74) is 3.80. The summed E-state index contributed by atoms with van der Waals surface area (Å²) in [5.74, 6) is -0.369. The Hall–Kier alpha value is -2.97. The predicted octanol–water partition coefficient (Wildman–Crippen LogP) is 5.49. The average Bonchev–Trinajstić information content (AvgIpc) is 3.14. The second-order valence-electron chi connectivity index (χ2n) is 5.38. The Morgan fingerprint density at radius 1 is 1.24 bits per heavy atom. The van der Waals surface area contributed by atoms with Crippen molar-refractivity contribution in [1.82, 2.24) is 4.98 Å². The van der Waals surface area contributed by atoms with E-state index in [-0.39, 0.29) is 5.82 Å². The minimum Gasteiger partial charge on any atom is -0.358 e. The van der Waals surface area contributed by atoms with Crippen molar-refractivity contribution in [1.29, 1.82) is 5.26 Å². The van der Waals surface area contributed by atoms with Crippen molar-refractivity contribution in [3.63, 3.8) is 0 Å². The van der Waals surface area contributed by atoms with Crippen LogP contribution in [0.15, 0.2) is 60.1 Å². The molecule has 1 heterocycles. The maximum atomic E-state index is 13.6. The Balaban J connectivity index is 1.82. The van der Waals surface area contributed by atoms with E-state index in [4.69, 9.17) is 0 Å². The molecule has 3 nitrogen and oxygen atoms in total. The predicted molar refractivity (Wildman–Crippen MR) is 101 cm³/mol. The van der Waals surface area contributed by atoms with Gasteiger partial charge in [-0.05, 0) is 24.1 Å². The van der Waals surface area contributed by atoms with Gasteiger partial charge < -0.3 is 5.32 Å². The average molecular weight is 349 g/mol. The van der Waals surface area contributed by atoms with Crippen LogP contribution < -0.4 is 5.32 Å². The molecule has 25 heavy (non-hydrogen) atoms. The lowest BCUT2D eigenvalue weighted by Gasteiger charge is -2.02. The van der Waals surface area contributed by atoms with Crippen molar-refractivity contribution in [3.8, 4) is 17.3 Å². The summed E-state index contributed by atoms with van der Waals surface area (Å²) < 4.78 is 13.6. The summed E-state index contributed by atoms with van der Waals surface area (Å²) in [4.78, 5) is 4.54. The van der Waals surface area contributed by atoms with Gasteiger partial charge in [0.25, 0.3) is 0 Å². The molecule has 0 radical (unpaired) electrons. The molecular formula is C20H16FN3S. The van der Waals surface area contributed by atoms with Gasteiger partial charge in [0.05, 0.1) is 11.4 Å². The number of halogens is 1. The first kappa shape index (κ1) is 16.9. The van der Waals surface area contributed by atoms with Crippen molar-refractivity contribution >= 4 is 22.6 Å². The number of nitriles is 1. The zero-order chi connectivity index (χ0) is 17.6. The number of benzene rings is 2. The molecule has 0 atom stereocenters. The van der Waals surface area contributed by atoms with Crippen LogP contribution in [0.4, 0.5) is 10.1 Å². The second kappa shape index (κ2) is 7.73. The van der Waals surface area contributed by atoms with Crippen molar-refractivity contribution in [2.24, 2.45) is 0 Å². The zero-order valence-electron chi connectivity index (χ0n) is 13.7. The molecule has 0 fully saturated rings. The van der Waals surface area contributed by atoms with E-state index in [1.54, 1.807) is 18.2 Å². The first-order valence-electron chi connectivity index (χ1n) is 7.88. The van der Waals surface area contributed by atoms with Gasteiger partial charge in [0.15, 0.2) is 0 Å². The molecule has 0 aliphatic carbocycles. The molecule has 0 saturated heterocycles. The maximum Gasteiger partial charge on any atom is 0.146 e. The number of nitrogens with zero attached hydrogens (tertiary/aromatic N) is 2. The number of hydrogen-bond donors (Lipinski definition) is 1. The molecular weight excluding hydrogens is 333 g/mol. The number of thiazole rings is 1. The Morgan fingerprint density at radius 2 is 2.00 bits per heavy atom. The fraction of sp³-hybridized carbons (Fsp3) is 0.100. The van der Waals surface area contributed by atoms with Crippen LogP contribution in [0, 0.1) is 17.1 Å². The van der Waals surface area contributed by atoms with Crippen molar-refractivity contribution < 1.29 is 4.39 Å². The number of aryl methyl sites for hydroxylation is 1. The molecule has 0 amide bonds. The smallest absolute Gasteiger partial charge is 0.146 e. The summed E-state index contributed by atoms with van der Waals surface area (Å²) >= 11 is 1.39. The van der Waals surface area contributed by atoms with E-state index in [0.717, 1.165) is 17.7 Å². The number of para-hydroxylation sites is 1. The van der Waals surface area contributed by atoms with Crippen LogP contribution in [0.25, 0.3) is 16.8 Å². The van der Waals surface area contributed by atoms with Gasteiger partial charge in [-0.2, -0.15) is 5.26 Å². The Labute approximate surface area is 150 Å². The lowest BCUT2D eigenvalue weighted by molar-refractivity contribution is 0.632. The van der Waals surface area contributed by atoms with Crippen LogP contribution in [0.5, 0.6) is 0 Å². The van der Waals surface area contributed by atoms with E-state index in [0.29, 0.717) is 16.3 Å². The minimum absolute atomic E-state index is 0.321. The number of nitrogens with one attached hydrogen (secondary N) is 1. The molecule has 124 valence electrons. The van der Waals surface area contributed by atoms with Gasteiger partial charge in [-0.15, -0.1) is 11.3 Å². The highest BCUT2D eigenvalue weighted by Crippen LogP contribution is 2.26. The SMILES string of the molecule is CCc1ccc(-c2csc(C(C#N)=CNc3ccccc3F)n2)cc1. The van der Waals surface area contributed by atoms with Crippen molar-refractivity contribution in [3.05, 3.63) is 76.5 Å². The summed E-state index contributed by atoms with van der Waals surface area (Å²) in [6.07, 6.45) is 2.48. The Kier molecular flexibility index (Phi) is 5.22. The lowest BCUT2D eigenvalue weighted by Crippen LogP contribution is -1.93. The fourth-order valence-electron chi connectivity index (χ4n) is 2.31. The summed E-state index contributed by atoms with van der Waals surface area (Å²) in [6.45, 7) is 2.11. The molecule has 1 N–H and O–H groups in total. The molecule has 0 aliphatic heterocycles.